The van der Waals surface area contributed by atoms with Gasteiger partial charge in [0.25, 0.3) is 5.91 Å². The molecule has 0 radical (unpaired) electrons. The van der Waals surface area contributed by atoms with Crippen LogP contribution in [0.1, 0.15) is 22.8 Å². The normalized spacial score (nSPS) is 11.8. The number of carbonyl (C=O) groups excluding carboxylic acids is 2. The van der Waals surface area contributed by atoms with Crippen molar-refractivity contribution in [3.05, 3.63) is 56.2 Å². The van der Waals surface area contributed by atoms with E-state index < -0.39 is 12.1 Å². The molecule has 1 amide bonds. The summed E-state index contributed by atoms with van der Waals surface area (Å²) in [7, 11) is 0. The van der Waals surface area contributed by atoms with Crippen molar-refractivity contribution in [1.29, 1.82) is 0 Å². The minimum atomic E-state index is -0.925. The Bertz CT molecular complexity index is 673. The predicted octanol–water partition coefficient (Wildman–Crippen LogP) is 3.92. The molecule has 0 aliphatic heterocycles. The molecule has 22 heavy (non-hydrogen) atoms. The van der Waals surface area contributed by atoms with Gasteiger partial charge in [-0.2, -0.15) is 0 Å². The molecule has 0 aliphatic rings. The second-order valence-corrected chi connectivity index (χ2v) is 6.77. The standard InChI is InChI=1S/C15H13Cl2NO3S/c1-9(14(19)18-8-10-5-3-2-4-6-10)21-15(20)11-7-12(16)22-13(11)17/h2-7,9H,8H2,1H3,(H,18,19). The summed E-state index contributed by atoms with van der Waals surface area (Å²) in [5.41, 5.74) is 1.13. The Kier molecular flexibility index (Phi) is 5.83. The largest absolute Gasteiger partial charge is 0.449 e. The first kappa shape index (κ1) is 16.8. The summed E-state index contributed by atoms with van der Waals surface area (Å²) < 4.78 is 5.72. The Morgan fingerprint density at radius 2 is 1.95 bits per heavy atom. The molecule has 2 rings (SSSR count). The highest BCUT2D eigenvalue weighted by molar-refractivity contribution is 7.20. The average molecular weight is 358 g/mol. The molecule has 0 fully saturated rings. The van der Waals surface area contributed by atoms with E-state index in [0.717, 1.165) is 16.9 Å². The van der Waals surface area contributed by atoms with E-state index in [1.807, 2.05) is 30.3 Å². The van der Waals surface area contributed by atoms with Crippen LogP contribution in [-0.4, -0.2) is 18.0 Å². The second kappa shape index (κ2) is 7.63. The van der Waals surface area contributed by atoms with Gasteiger partial charge in [-0.1, -0.05) is 53.5 Å². The van der Waals surface area contributed by atoms with E-state index >= 15 is 0 Å². The topological polar surface area (TPSA) is 55.4 Å². The van der Waals surface area contributed by atoms with Gasteiger partial charge in [0.1, 0.15) is 4.34 Å². The first-order valence-electron chi connectivity index (χ1n) is 6.45. The lowest BCUT2D eigenvalue weighted by atomic mass is 10.2. The molecule has 1 aromatic carbocycles. The number of rotatable bonds is 5. The van der Waals surface area contributed by atoms with Crippen LogP contribution in [0.2, 0.25) is 8.67 Å². The van der Waals surface area contributed by atoms with Crippen LogP contribution in [0.15, 0.2) is 36.4 Å². The number of benzene rings is 1. The van der Waals surface area contributed by atoms with Gasteiger partial charge in [-0.05, 0) is 18.6 Å². The van der Waals surface area contributed by atoms with Crippen molar-refractivity contribution >= 4 is 46.4 Å². The molecule has 0 saturated heterocycles. The molecular formula is C15H13Cl2NO3S. The molecule has 1 atom stereocenters. The SMILES string of the molecule is CC(OC(=O)c1cc(Cl)sc1Cl)C(=O)NCc1ccccc1. The number of esters is 1. The van der Waals surface area contributed by atoms with Gasteiger partial charge in [-0.15, -0.1) is 11.3 Å². The molecule has 0 saturated carbocycles. The maximum atomic E-state index is 11.9. The summed E-state index contributed by atoms with van der Waals surface area (Å²) in [4.78, 5) is 23.9. The van der Waals surface area contributed by atoms with Gasteiger partial charge in [0.15, 0.2) is 6.10 Å². The third kappa shape index (κ3) is 4.47. The summed E-state index contributed by atoms with van der Waals surface area (Å²) in [6.07, 6.45) is -0.925. The van der Waals surface area contributed by atoms with Gasteiger partial charge in [-0.3, -0.25) is 4.79 Å². The van der Waals surface area contributed by atoms with E-state index in [-0.39, 0.29) is 15.8 Å². The third-order valence-electron chi connectivity index (χ3n) is 2.84. The van der Waals surface area contributed by atoms with Crippen LogP contribution < -0.4 is 5.32 Å². The summed E-state index contributed by atoms with van der Waals surface area (Å²) in [6, 6.07) is 10.9. The number of hydrogen-bond donors (Lipinski definition) is 1. The van der Waals surface area contributed by atoms with Crippen molar-refractivity contribution in [2.45, 2.75) is 19.6 Å². The molecule has 0 bridgehead atoms. The molecule has 1 unspecified atom stereocenters. The zero-order chi connectivity index (χ0) is 16.1. The molecule has 116 valence electrons. The lowest BCUT2D eigenvalue weighted by molar-refractivity contribution is -0.129. The number of thiophene rings is 1. The molecule has 1 aromatic heterocycles. The van der Waals surface area contributed by atoms with Gasteiger partial charge in [0.2, 0.25) is 0 Å². The van der Waals surface area contributed by atoms with Crippen molar-refractivity contribution in [2.24, 2.45) is 0 Å². The number of nitrogens with one attached hydrogen (secondary N) is 1. The summed E-state index contributed by atoms with van der Waals surface area (Å²) in [5.74, 6) is -1.05. The molecule has 1 heterocycles. The quantitative estimate of drug-likeness (QED) is 0.825. The van der Waals surface area contributed by atoms with Gasteiger partial charge in [-0.25, -0.2) is 4.79 Å². The average Bonchev–Trinajstić information content (AvgIpc) is 2.84. The van der Waals surface area contributed by atoms with E-state index in [0.29, 0.717) is 10.9 Å². The van der Waals surface area contributed by atoms with Crippen LogP contribution in [-0.2, 0) is 16.1 Å². The Morgan fingerprint density at radius 1 is 1.27 bits per heavy atom. The van der Waals surface area contributed by atoms with Crippen LogP contribution in [0.25, 0.3) is 0 Å². The van der Waals surface area contributed by atoms with E-state index in [9.17, 15) is 9.59 Å². The zero-order valence-corrected chi connectivity index (χ0v) is 14.0. The molecule has 0 aliphatic carbocycles. The Labute approximate surface area is 142 Å². The molecule has 4 nitrogen and oxygen atoms in total. The van der Waals surface area contributed by atoms with Crippen LogP contribution >= 0.6 is 34.5 Å². The first-order chi connectivity index (χ1) is 10.5. The molecule has 7 heteroatoms. The minimum Gasteiger partial charge on any atom is -0.449 e. The van der Waals surface area contributed by atoms with Crippen LogP contribution in [0.5, 0.6) is 0 Å². The molecule has 0 spiro atoms. The highest BCUT2D eigenvalue weighted by Gasteiger charge is 2.22. The number of ether oxygens (including phenoxy) is 1. The van der Waals surface area contributed by atoms with Gasteiger partial charge < -0.3 is 10.1 Å². The van der Waals surface area contributed by atoms with Gasteiger partial charge >= 0.3 is 5.97 Å². The molecule has 2 aromatic rings. The fraction of sp³-hybridized carbons (Fsp3) is 0.200. The number of halogens is 2. The second-order valence-electron chi connectivity index (χ2n) is 4.49. The zero-order valence-electron chi connectivity index (χ0n) is 11.6. The maximum Gasteiger partial charge on any atom is 0.341 e. The van der Waals surface area contributed by atoms with Crippen molar-refractivity contribution in [3.63, 3.8) is 0 Å². The van der Waals surface area contributed by atoms with E-state index in [4.69, 9.17) is 27.9 Å². The smallest absolute Gasteiger partial charge is 0.341 e. The Hall–Kier alpha value is -1.56. The molecule has 1 N–H and O–H groups in total. The fourth-order valence-electron chi connectivity index (χ4n) is 1.69. The predicted molar refractivity (Wildman–Crippen MR) is 87.5 cm³/mol. The highest BCUT2D eigenvalue weighted by atomic mass is 35.5. The Morgan fingerprint density at radius 3 is 2.55 bits per heavy atom. The van der Waals surface area contributed by atoms with Crippen molar-refractivity contribution in [3.8, 4) is 0 Å². The van der Waals surface area contributed by atoms with Crippen LogP contribution in [0.3, 0.4) is 0 Å². The number of amides is 1. The molecular weight excluding hydrogens is 345 g/mol. The summed E-state index contributed by atoms with van der Waals surface area (Å²) in [5, 5.41) is 2.70. The van der Waals surface area contributed by atoms with E-state index in [2.05, 4.69) is 5.32 Å². The lowest BCUT2D eigenvalue weighted by Crippen LogP contribution is -2.35. The first-order valence-corrected chi connectivity index (χ1v) is 8.02. The third-order valence-corrected chi connectivity index (χ3v) is 4.33. The Balaban J connectivity index is 1.88. The maximum absolute atomic E-state index is 11.9. The van der Waals surface area contributed by atoms with E-state index in [1.165, 1.54) is 13.0 Å². The minimum absolute atomic E-state index is 0.166. The van der Waals surface area contributed by atoms with Crippen molar-refractivity contribution in [2.75, 3.05) is 0 Å². The van der Waals surface area contributed by atoms with Crippen LogP contribution in [0, 0.1) is 0 Å². The number of hydrogen-bond acceptors (Lipinski definition) is 4. The fourth-order valence-corrected chi connectivity index (χ4v) is 3.13. The lowest BCUT2D eigenvalue weighted by Gasteiger charge is -2.13. The van der Waals surface area contributed by atoms with E-state index in [1.54, 1.807) is 0 Å². The monoisotopic (exact) mass is 357 g/mol. The summed E-state index contributed by atoms with van der Waals surface area (Å²) in [6.45, 7) is 1.87. The highest BCUT2D eigenvalue weighted by Crippen LogP contribution is 2.31. The van der Waals surface area contributed by atoms with Crippen molar-refractivity contribution < 1.29 is 14.3 Å². The van der Waals surface area contributed by atoms with Crippen LogP contribution in [0.4, 0.5) is 0 Å². The number of carbonyl (C=O) groups is 2. The van der Waals surface area contributed by atoms with Gasteiger partial charge in [0, 0.05) is 6.54 Å². The summed E-state index contributed by atoms with van der Waals surface area (Å²) >= 11 is 12.7. The van der Waals surface area contributed by atoms with Gasteiger partial charge in [0.05, 0.1) is 9.90 Å². The van der Waals surface area contributed by atoms with Crippen molar-refractivity contribution in [1.82, 2.24) is 5.32 Å².